The molecule has 0 bridgehead atoms. The Bertz CT molecular complexity index is 218. The van der Waals surface area contributed by atoms with E-state index in [-0.39, 0.29) is 5.54 Å². The van der Waals surface area contributed by atoms with Crippen molar-refractivity contribution in [3.63, 3.8) is 0 Å². The number of nitrogens with two attached hydrogens (primary N) is 1. The van der Waals surface area contributed by atoms with E-state index < -0.39 is 0 Å². The van der Waals surface area contributed by atoms with Gasteiger partial charge in [-0.15, -0.1) is 0 Å². The van der Waals surface area contributed by atoms with Crippen molar-refractivity contribution in [3.8, 4) is 0 Å². The Morgan fingerprint density at radius 3 is 2.71 bits per heavy atom. The van der Waals surface area contributed by atoms with Crippen molar-refractivity contribution in [3.05, 3.63) is 0 Å². The summed E-state index contributed by atoms with van der Waals surface area (Å²) in [5.41, 5.74) is 6.20. The molecule has 1 aliphatic heterocycles. The van der Waals surface area contributed by atoms with E-state index in [0.717, 1.165) is 19.7 Å². The molecule has 3 nitrogen and oxygen atoms in total. The molecule has 0 radical (unpaired) electrons. The lowest BCUT2D eigenvalue weighted by Gasteiger charge is -2.46. The number of piperidine rings is 1. The molecule has 0 spiro atoms. The van der Waals surface area contributed by atoms with E-state index in [1.54, 1.807) is 7.11 Å². The number of nitrogens with zero attached hydrogens (tertiary/aromatic N) is 1. The predicted octanol–water partition coefficient (Wildman–Crippen LogP) is 2.11. The molecule has 0 aromatic carbocycles. The van der Waals surface area contributed by atoms with Gasteiger partial charge in [0.05, 0.1) is 6.61 Å². The van der Waals surface area contributed by atoms with Gasteiger partial charge in [-0.3, -0.25) is 4.90 Å². The van der Waals surface area contributed by atoms with Gasteiger partial charge >= 0.3 is 0 Å². The second-order valence-corrected chi connectivity index (χ2v) is 6.21. The van der Waals surface area contributed by atoms with E-state index >= 15 is 0 Å². The van der Waals surface area contributed by atoms with Crippen LogP contribution in [0.15, 0.2) is 0 Å². The van der Waals surface area contributed by atoms with E-state index in [1.807, 2.05) is 0 Å². The van der Waals surface area contributed by atoms with E-state index in [9.17, 15) is 0 Å². The molecule has 3 heteroatoms. The van der Waals surface area contributed by atoms with E-state index in [4.69, 9.17) is 10.5 Å². The number of likely N-dealkylation sites (tertiary alicyclic amines) is 1. The molecule has 1 heterocycles. The van der Waals surface area contributed by atoms with Gasteiger partial charge < -0.3 is 10.5 Å². The molecule has 1 rings (SSSR count). The molecule has 0 aromatic heterocycles. The van der Waals surface area contributed by atoms with Gasteiger partial charge in [0.25, 0.3) is 0 Å². The molecule has 0 aliphatic carbocycles. The first-order valence-corrected chi connectivity index (χ1v) is 6.96. The topological polar surface area (TPSA) is 38.5 Å². The van der Waals surface area contributed by atoms with Gasteiger partial charge in [-0.25, -0.2) is 0 Å². The monoisotopic (exact) mass is 242 g/mol. The fourth-order valence-corrected chi connectivity index (χ4v) is 3.15. The number of methoxy groups -OCH3 is 1. The van der Waals surface area contributed by atoms with Gasteiger partial charge in [-0.05, 0) is 44.6 Å². The Morgan fingerprint density at radius 1 is 1.47 bits per heavy atom. The summed E-state index contributed by atoms with van der Waals surface area (Å²) >= 11 is 0. The highest BCUT2D eigenvalue weighted by molar-refractivity contribution is 4.91. The van der Waals surface area contributed by atoms with Crippen molar-refractivity contribution < 1.29 is 4.74 Å². The van der Waals surface area contributed by atoms with E-state index in [0.29, 0.717) is 11.8 Å². The lowest BCUT2D eigenvalue weighted by molar-refractivity contribution is 0.0209. The Balaban J connectivity index is 2.61. The van der Waals surface area contributed by atoms with Crippen LogP contribution in [0, 0.1) is 11.8 Å². The Labute approximate surface area is 107 Å². The minimum absolute atomic E-state index is 0.167. The Kier molecular flexibility index (Phi) is 5.90. The van der Waals surface area contributed by atoms with Gasteiger partial charge in [0.1, 0.15) is 0 Å². The third-order valence-electron chi connectivity index (χ3n) is 3.97. The summed E-state index contributed by atoms with van der Waals surface area (Å²) in [5.74, 6) is 1.39. The first-order chi connectivity index (χ1) is 8.01. The SMILES string of the molecule is COCC1CCCN(C(C)(CN)CC(C)C)C1. The van der Waals surface area contributed by atoms with Crippen molar-refractivity contribution in [2.45, 2.75) is 45.6 Å². The Hall–Kier alpha value is -0.120. The van der Waals surface area contributed by atoms with Crippen molar-refractivity contribution >= 4 is 0 Å². The van der Waals surface area contributed by atoms with Crippen molar-refractivity contribution in [1.82, 2.24) is 4.90 Å². The number of hydrogen-bond donors (Lipinski definition) is 1. The van der Waals surface area contributed by atoms with Gasteiger partial charge in [0.15, 0.2) is 0 Å². The summed E-state index contributed by atoms with van der Waals surface area (Å²) in [6, 6.07) is 0. The highest BCUT2D eigenvalue weighted by Crippen LogP contribution is 2.28. The van der Waals surface area contributed by atoms with Gasteiger partial charge in [-0.1, -0.05) is 13.8 Å². The number of ether oxygens (including phenoxy) is 1. The third-order valence-corrected chi connectivity index (χ3v) is 3.97. The van der Waals surface area contributed by atoms with Crippen LogP contribution in [0.4, 0.5) is 0 Å². The average Bonchev–Trinajstić information content (AvgIpc) is 2.29. The summed E-state index contributed by atoms with van der Waals surface area (Å²) < 4.78 is 5.30. The fraction of sp³-hybridized carbons (Fsp3) is 1.00. The fourth-order valence-electron chi connectivity index (χ4n) is 3.15. The van der Waals surface area contributed by atoms with Gasteiger partial charge in [-0.2, -0.15) is 0 Å². The largest absolute Gasteiger partial charge is 0.384 e. The number of hydrogen-bond acceptors (Lipinski definition) is 3. The second kappa shape index (κ2) is 6.72. The lowest BCUT2D eigenvalue weighted by atomic mass is 9.85. The summed E-state index contributed by atoms with van der Waals surface area (Å²) in [6.07, 6.45) is 3.76. The van der Waals surface area contributed by atoms with Crippen LogP contribution in [-0.4, -0.2) is 43.8 Å². The average molecular weight is 242 g/mol. The molecule has 2 unspecified atom stereocenters. The maximum absolute atomic E-state index is 6.03. The zero-order valence-corrected chi connectivity index (χ0v) is 12.0. The molecule has 1 saturated heterocycles. The van der Waals surface area contributed by atoms with Crippen LogP contribution in [0.2, 0.25) is 0 Å². The van der Waals surface area contributed by atoms with Crippen molar-refractivity contribution in [2.24, 2.45) is 17.6 Å². The molecular formula is C14H30N2O. The van der Waals surface area contributed by atoms with E-state index in [2.05, 4.69) is 25.7 Å². The summed E-state index contributed by atoms with van der Waals surface area (Å²) in [4.78, 5) is 2.60. The smallest absolute Gasteiger partial charge is 0.0502 e. The molecule has 2 atom stereocenters. The van der Waals surface area contributed by atoms with Crippen molar-refractivity contribution in [1.29, 1.82) is 0 Å². The number of rotatable bonds is 6. The highest BCUT2D eigenvalue weighted by Gasteiger charge is 2.34. The van der Waals surface area contributed by atoms with Crippen LogP contribution in [0.25, 0.3) is 0 Å². The third kappa shape index (κ3) is 4.23. The normalized spacial score (nSPS) is 26.1. The van der Waals surface area contributed by atoms with Gasteiger partial charge in [0, 0.05) is 25.7 Å². The van der Waals surface area contributed by atoms with Crippen molar-refractivity contribution in [2.75, 3.05) is 33.4 Å². The maximum atomic E-state index is 6.03. The van der Waals surface area contributed by atoms with Crippen LogP contribution >= 0.6 is 0 Å². The van der Waals surface area contributed by atoms with Crippen LogP contribution < -0.4 is 5.73 Å². The molecule has 0 aromatic rings. The molecule has 1 fully saturated rings. The first-order valence-electron chi connectivity index (χ1n) is 6.96. The minimum atomic E-state index is 0.167. The van der Waals surface area contributed by atoms with Crippen LogP contribution in [-0.2, 0) is 4.74 Å². The lowest BCUT2D eigenvalue weighted by Crippen LogP contribution is -2.56. The zero-order chi connectivity index (χ0) is 12.9. The standard InChI is InChI=1S/C14H30N2O/c1-12(2)8-14(3,11-15)16-7-5-6-13(9-16)10-17-4/h12-13H,5-11,15H2,1-4H3. The van der Waals surface area contributed by atoms with Crippen LogP contribution in [0.3, 0.4) is 0 Å². The molecule has 1 aliphatic rings. The maximum Gasteiger partial charge on any atom is 0.0502 e. The molecule has 17 heavy (non-hydrogen) atoms. The summed E-state index contributed by atoms with van der Waals surface area (Å²) in [6.45, 7) is 10.9. The minimum Gasteiger partial charge on any atom is -0.384 e. The Morgan fingerprint density at radius 2 is 2.18 bits per heavy atom. The molecular weight excluding hydrogens is 212 g/mol. The first kappa shape index (κ1) is 14.9. The predicted molar refractivity (Wildman–Crippen MR) is 73.1 cm³/mol. The quantitative estimate of drug-likeness (QED) is 0.775. The van der Waals surface area contributed by atoms with E-state index in [1.165, 1.54) is 25.8 Å². The summed E-state index contributed by atoms with van der Waals surface area (Å²) in [7, 11) is 1.80. The molecule has 0 amide bonds. The van der Waals surface area contributed by atoms with Crippen LogP contribution in [0.1, 0.15) is 40.0 Å². The summed E-state index contributed by atoms with van der Waals surface area (Å²) in [5, 5.41) is 0. The molecule has 2 N–H and O–H groups in total. The zero-order valence-electron chi connectivity index (χ0n) is 12.0. The highest BCUT2D eigenvalue weighted by atomic mass is 16.5. The van der Waals surface area contributed by atoms with Crippen LogP contribution in [0.5, 0.6) is 0 Å². The molecule has 0 saturated carbocycles. The second-order valence-electron chi connectivity index (χ2n) is 6.21. The molecule has 102 valence electrons. The van der Waals surface area contributed by atoms with Gasteiger partial charge in [0.2, 0.25) is 0 Å².